The molecule has 0 saturated carbocycles. The highest BCUT2D eigenvalue weighted by Gasteiger charge is 2.11. The van der Waals surface area contributed by atoms with Crippen LogP contribution in [0.2, 0.25) is 0 Å². The molecule has 1 N–H and O–H groups in total. The molecule has 1 aromatic rings. The van der Waals surface area contributed by atoms with Crippen LogP contribution in [0.3, 0.4) is 0 Å². The first-order valence-electron chi connectivity index (χ1n) is 5.64. The molecule has 0 saturated heterocycles. The lowest BCUT2D eigenvalue weighted by molar-refractivity contribution is 0.146. The zero-order valence-electron chi connectivity index (χ0n) is 10.1. The molecule has 0 spiro atoms. The molecule has 1 rings (SSSR count). The minimum atomic E-state index is -0.425. The van der Waals surface area contributed by atoms with E-state index in [2.05, 4.69) is 38.7 Å². The lowest BCUT2D eigenvalue weighted by Gasteiger charge is -2.13. The van der Waals surface area contributed by atoms with Crippen LogP contribution < -0.4 is 0 Å². The molecule has 0 aliphatic carbocycles. The summed E-state index contributed by atoms with van der Waals surface area (Å²) in [7, 11) is 0. The molecule has 2 nitrogen and oxygen atoms in total. The van der Waals surface area contributed by atoms with Crippen molar-refractivity contribution in [3.05, 3.63) is 29.6 Å². The number of aliphatic hydroxyl groups is 1. The third-order valence-electron chi connectivity index (χ3n) is 2.51. The second-order valence-corrected chi connectivity index (χ2v) is 4.82. The number of aliphatic hydroxyl groups excluding tert-OH is 1. The quantitative estimate of drug-likeness (QED) is 0.822. The molecule has 0 aliphatic rings. The zero-order chi connectivity index (χ0) is 11.4. The van der Waals surface area contributed by atoms with E-state index in [1.54, 1.807) is 0 Å². The largest absolute Gasteiger partial charge is 0.387 e. The van der Waals surface area contributed by atoms with Crippen LogP contribution in [0.25, 0.3) is 0 Å². The van der Waals surface area contributed by atoms with Gasteiger partial charge in [0.1, 0.15) is 0 Å². The molecule has 0 aliphatic heterocycles. The smallest absolute Gasteiger partial charge is 0.0962 e. The average Bonchev–Trinajstić information content (AvgIpc) is 2.17. The van der Waals surface area contributed by atoms with Gasteiger partial charge in [-0.2, -0.15) is 0 Å². The number of hydrogen-bond donors (Lipinski definition) is 1. The average molecular weight is 207 g/mol. The monoisotopic (exact) mass is 207 g/mol. The topological polar surface area (TPSA) is 33.1 Å². The Morgan fingerprint density at radius 1 is 1.20 bits per heavy atom. The Kier molecular flexibility index (Phi) is 4.28. The van der Waals surface area contributed by atoms with Crippen molar-refractivity contribution >= 4 is 0 Å². The van der Waals surface area contributed by atoms with E-state index < -0.39 is 6.10 Å². The third-order valence-corrected chi connectivity index (χ3v) is 2.51. The molecule has 0 bridgehead atoms. The van der Waals surface area contributed by atoms with Crippen LogP contribution in [0, 0.1) is 5.92 Å². The van der Waals surface area contributed by atoms with Gasteiger partial charge in [0, 0.05) is 6.20 Å². The minimum absolute atomic E-state index is 0.425. The van der Waals surface area contributed by atoms with E-state index in [0.29, 0.717) is 11.8 Å². The van der Waals surface area contributed by atoms with Crippen LogP contribution in [-0.4, -0.2) is 10.1 Å². The van der Waals surface area contributed by atoms with Crippen molar-refractivity contribution in [2.75, 3.05) is 0 Å². The van der Waals surface area contributed by atoms with Gasteiger partial charge in [0.25, 0.3) is 0 Å². The van der Waals surface area contributed by atoms with Crippen molar-refractivity contribution in [3.8, 4) is 0 Å². The van der Waals surface area contributed by atoms with Crippen molar-refractivity contribution in [2.45, 2.75) is 46.1 Å². The van der Waals surface area contributed by atoms with Gasteiger partial charge in [-0.25, -0.2) is 0 Å². The van der Waals surface area contributed by atoms with Gasteiger partial charge < -0.3 is 5.11 Å². The standard InChI is InChI=1S/C13H21NO/c1-9(2)7-13(15)12-6-5-11(8-14-12)10(3)4/h5-6,8-10,13,15H,7H2,1-4H3. The fourth-order valence-electron chi connectivity index (χ4n) is 1.52. The van der Waals surface area contributed by atoms with E-state index in [0.717, 1.165) is 12.1 Å². The molecule has 15 heavy (non-hydrogen) atoms. The molecular formula is C13H21NO. The molecule has 1 aromatic heterocycles. The predicted molar refractivity (Wildman–Crippen MR) is 62.7 cm³/mol. The summed E-state index contributed by atoms with van der Waals surface area (Å²) < 4.78 is 0. The van der Waals surface area contributed by atoms with Gasteiger partial charge in [0.2, 0.25) is 0 Å². The van der Waals surface area contributed by atoms with E-state index in [9.17, 15) is 5.11 Å². The van der Waals surface area contributed by atoms with Crippen molar-refractivity contribution in [2.24, 2.45) is 5.92 Å². The summed E-state index contributed by atoms with van der Waals surface area (Å²) in [6.45, 7) is 8.49. The molecule has 0 fully saturated rings. The fourth-order valence-corrected chi connectivity index (χ4v) is 1.52. The normalized spacial score (nSPS) is 13.5. The van der Waals surface area contributed by atoms with Crippen molar-refractivity contribution in [1.29, 1.82) is 0 Å². The number of aromatic nitrogens is 1. The van der Waals surface area contributed by atoms with E-state index in [1.165, 1.54) is 5.56 Å². The first-order valence-corrected chi connectivity index (χ1v) is 5.64. The molecule has 84 valence electrons. The van der Waals surface area contributed by atoms with Crippen LogP contribution >= 0.6 is 0 Å². The van der Waals surface area contributed by atoms with Gasteiger partial charge in [0.05, 0.1) is 11.8 Å². The van der Waals surface area contributed by atoms with Gasteiger partial charge in [-0.15, -0.1) is 0 Å². The summed E-state index contributed by atoms with van der Waals surface area (Å²) in [5.74, 6) is 0.986. The van der Waals surface area contributed by atoms with Gasteiger partial charge in [-0.1, -0.05) is 33.8 Å². The second kappa shape index (κ2) is 5.26. The zero-order valence-corrected chi connectivity index (χ0v) is 10.1. The fraction of sp³-hybridized carbons (Fsp3) is 0.615. The van der Waals surface area contributed by atoms with Crippen LogP contribution in [0.1, 0.15) is 57.4 Å². The summed E-state index contributed by atoms with van der Waals surface area (Å²) >= 11 is 0. The highest BCUT2D eigenvalue weighted by atomic mass is 16.3. The molecule has 0 aromatic carbocycles. The van der Waals surface area contributed by atoms with Gasteiger partial charge in [-0.3, -0.25) is 4.98 Å². The molecule has 2 heteroatoms. The molecular weight excluding hydrogens is 186 g/mol. The summed E-state index contributed by atoms with van der Waals surface area (Å²) in [4.78, 5) is 4.30. The summed E-state index contributed by atoms with van der Waals surface area (Å²) in [5.41, 5.74) is 2.00. The first kappa shape index (κ1) is 12.2. The van der Waals surface area contributed by atoms with Gasteiger partial charge >= 0.3 is 0 Å². The Bertz CT molecular complexity index is 290. The highest BCUT2D eigenvalue weighted by Crippen LogP contribution is 2.20. The molecule has 1 atom stereocenters. The van der Waals surface area contributed by atoms with Crippen molar-refractivity contribution in [3.63, 3.8) is 0 Å². The first-order chi connectivity index (χ1) is 7.00. The highest BCUT2D eigenvalue weighted by molar-refractivity contribution is 5.18. The SMILES string of the molecule is CC(C)CC(O)c1ccc(C(C)C)cn1. The van der Waals surface area contributed by atoms with Gasteiger partial charge in [0.15, 0.2) is 0 Å². The Hall–Kier alpha value is -0.890. The summed E-state index contributed by atoms with van der Waals surface area (Å²) in [6.07, 6.45) is 2.21. The maximum atomic E-state index is 9.86. The third kappa shape index (κ3) is 3.63. The lowest BCUT2D eigenvalue weighted by Crippen LogP contribution is -2.04. The molecule has 1 heterocycles. The van der Waals surface area contributed by atoms with E-state index in [4.69, 9.17) is 0 Å². The Balaban J connectivity index is 2.71. The summed E-state index contributed by atoms with van der Waals surface area (Å²) in [6, 6.07) is 3.99. The molecule has 1 unspecified atom stereocenters. The number of nitrogens with zero attached hydrogens (tertiary/aromatic N) is 1. The summed E-state index contributed by atoms with van der Waals surface area (Å²) in [5, 5.41) is 9.86. The maximum absolute atomic E-state index is 9.86. The lowest BCUT2D eigenvalue weighted by atomic mass is 10.0. The van der Waals surface area contributed by atoms with Crippen LogP contribution in [0.4, 0.5) is 0 Å². The minimum Gasteiger partial charge on any atom is -0.387 e. The van der Waals surface area contributed by atoms with Crippen LogP contribution in [-0.2, 0) is 0 Å². The van der Waals surface area contributed by atoms with Crippen molar-refractivity contribution in [1.82, 2.24) is 4.98 Å². The van der Waals surface area contributed by atoms with Crippen molar-refractivity contribution < 1.29 is 5.11 Å². The van der Waals surface area contributed by atoms with Crippen LogP contribution in [0.15, 0.2) is 18.3 Å². The Morgan fingerprint density at radius 2 is 1.87 bits per heavy atom. The number of rotatable bonds is 4. The number of pyridine rings is 1. The van der Waals surface area contributed by atoms with E-state index in [-0.39, 0.29) is 0 Å². The van der Waals surface area contributed by atoms with E-state index in [1.807, 2.05) is 12.3 Å². The second-order valence-electron chi connectivity index (χ2n) is 4.82. The molecule has 0 radical (unpaired) electrons. The van der Waals surface area contributed by atoms with Crippen LogP contribution in [0.5, 0.6) is 0 Å². The Labute approximate surface area is 92.4 Å². The Morgan fingerprint density at radius 3 is 2.27 bits per heavy atom. The predicted octanol–water partition coefficient (Wildman–Crippen LogP) is 3.28. The van der Waals surface area contributed by atoms with E-state index >= 15 is 0 Å². The molecule has 0 amide bonds. The maximum Gasteiger partial charge on any atom is 0.0962 e. The number of hydrogen-bond acceptors (Lipinski definition) is 2. The van der Waals surface area contributed by atoms with Gasteiger partial charge in [-0.05, 0) is 29.9 Å².